The first-order valence-corrected chi connectivity index (χ1v) is 2.97. The number of rotatable bonds is 0. The van der Waals surface area contributed by atoms with Gasteiger partial charge < -0.3 is 0 Å². The number of amides is 3. The zero-order chi connectivity index (χ0) is 8.55. The molecule has 7 nitrogen and oxygen atoms in total. The van der Waals surface area contributed by atoms with Crippen molar-refractivity contribution in [3.63, 3.8) is 0 Å². The van der Waals surface area contributed by atoms with Gasteiger partial charge in [0.15, 0.2) is 5.71 Å². The summed E-state index contributed by atoms with van der Waals surface area (Å²) in [4.78, 5) is 31.7. The van der Waals surface area contributed by atoms with Crippen molar-refractivity contribution in [3.05, 3.63) is 0 Å². The van der Waals surface area contributed by atoms with Gasteiger partial charge in [-0.1, -0.05) is 5.11 Å². The molecule has 0 saturated carbocycles. The molecule has 2 aliphatic heterocycles. The highest BCUT2D eigenvalue weighted by Gasteiger charge is 2.24. The van der Waals surface area contributed by atoms with E-state index in [0.717, 1.165) is 6.34 Å². The molecule has 0 aromatic rings. The minimum atomic E-state index is -0.811. The van der Waals surface area contributed by atoms with E-state index in [1.54, 1.807) is 0 Å². The van der Waals surface area contributed by atoms with Crippen LogP contribution in [0.3, 0.4) is 0 Å². The van der Waals surface area contributed by atoms with Crippen LogP contribution in [0.15, 0.2) is 25.2 Å². The van der Waals surface area contributed by atoms with E-state index in [4.69, 9.17) is 0 Å². The summed E-state index contributed by atoms with van der Waals surface area (Å²) in [5.74, 6) is -0.582. The van der Waals surface area contributed by atoms with Crippen LogP contribution < -0.4 is 0 Å². The van der Waals surface area contributed by atoms with Gasteiger partial charge in [0.25, 0.3) is 0 Å². The summed E-state index contributed by atoms with van der Waals surface area (Å²) in [5.41, 5.74) is -0.141. The first-order valence-electron chi connectivity index (χ1n) is 2.97. The summed E-state index contributed by atoms with van der Waals surface area (Å²) in [6, 6.07) is -0.811. The smallest absolute Gasteiger partial charge is 0.265 e. The predicted octanol–water partition coefficient (Wildman–Crippen LogP) is -0.0198. The third-order valence-corrected chi connectivity index (χ3v) is 1.21. The Bertz CT molecular complexity index is 389. The lowest BCUT2D eigenvalue weighted by molar-refractivity contribution is -0.111. The van der Waals surface area contributed by atoms with Crippen LogP contribution in [0.5, 0.6) is 0 Å². The number of urea groups is 1. The second-order valence-electron chi connectivity index (χ2n) is 1.95. The zero-order valence-corrected chi connectivity index (χ0v) is 5.63. The van der Waals surface area contributed by atoms with Gasteiger partial charge in [0.1, 0.15) is 6.34 Å². The van der Waals surface area contributed by atoms with Crippen LogP contribution in [0.1, 0.15) is 0 Å². The van der Waals surface area contributed by atoms with E-state index < -0.39 is 11.9 Å². The first kappa shape index (κ1) is 6.65. The molecule has 0 bridgehead atoms. The van der Waals surface area contributed by atoms with E-state index in [1.165, 1.54) is 0 Å². The van der Waals surface area contributed by atoms with Crippen molar-refractivity contribution in [1.82, 2.24) is 0 Å². The molecule has 2 aliphatic rings. The Hall–Kier alpha value is -2.05. The number of carbonyl (C=O) groups excluding carboxylic acids is 2. The minimum absolute atomic E-state index is 0.0367. The van der Waals surface area contributed by atoms with Gasteiger partial charge in [0.05, 0.1) is 0 Å². The SMILES string of the molecule is O=C1N=NC2=NC=NC(=O)C2=N1. The molecule has 2 heterocycles. The molecule has 3 amide bonds. The molecule has 7 heteroatoms. The normalized spacial score (nSPS) is 20.3. The standard InChI is InChI=1S/C5HN5O2/c11-4-2-3(6-1-7-4)9-10-5(12)8-2/h1H. The van der Waals surface area contributed by atoms with Gasteiger partial charge in [0.2, 0.25) is 5.84 Å². The average molecular weight is 163 g/mol. The van der Waals surface area contributed by atoms with E-state index in [0.29, 0.717) is 0 Å². The molecule has 0 atom stereocenters. The van der Waals surface area contributed by atoms with E-state index in [2.05, 4.69) is 25.2 Å². The van der Waals surface area contributed by atoms with Crippen LogP contribution in [0.4, 0.5) is 4.79 Å². The van der Waals surface area contributed by atoms with Gasteiger partial charge >= 0.3 is 11.9 Å². The fraction of sp³-hybridized carbons (Fsp3) is 0. The number of fused-ring (bicyclic) bond motifs is 1. The lowest BCUT2D eigenvalue weighted by Crippen LogP contribution is -2.27. The number of azo groups is 1. The highest BCUT2D eigenvalue weighted by molar-refractivity contribution is 6.69. The van der Waals surface area contributed by atoms with Crippen molar-refractivity contribution in [1.29, 1.82) is 0 Å². The fourth-order valence-corrected chi connectivity index (χ4v) is 0.733. The van der Waals surface area contributed by atoms with Gasteiger partial charge in [-0.25, -0.2) is 9.79 Å². The molecular weight excluding hydrogens is 162 g/mol. The van der Waals surface area contributed by atoms with Crippen LogP contribution >= 0.6 is 0 Å². The zero-order valence-electron chi connectivity index (χ0n) is 5.63. The molecule has 0 N–H and O–H groups in total. The maximum absolute atomic E-state index is 10.9. The number of nitrogens with zero attached hydrogens (tertiary/aromatic N) is 5. The number of hydrogen-bond acceptors (Lipinski definition) is 4. The molecule has 58 valence electrons. The molecule has 0 unspecified atom stereocenters. The summed E-state index contributed by atoms with van der Waals surface area (Å²) >= 11 is 0. The largest absolute Gasteiger partial charge is 0.386 e. The van der Waals surface area contributed by atoms with E-state index >= 15 is 0 Å². The Morgan fingerprint density at radius 2 is 2.00 bits per heavy atom. The van der Waals surface area contributed by atoms with E-state index in [-0.39, 0.29) is 11.5 Å². The molecule has 12 heavy (non-hydrogen) atoms. The third-order valence-electron chi connectivity index (χ3n) is 1.21. The van der Waals surface area contributed by atoms with Crippen LogP contribution in [0.2, 0.25) is 0 Å². The predicted molar refractivity (Wildman–Crippen MR) is 38.6 cm³/mol. The van der Waals surface area contributed by atoms with Crippen LogP contribution in [0, 0.1) is 0 Å². The maximum Gasteiger partial charge on any atom is 0.386 e. The molecule has 0 aromatic carbocycles. The molecule has 0 fully saturated rings. The fourth-order valence-electron chi connectivity index (χ4n) is 0.733. The number of carbonyl (C=O) groups is 2. The molecular formula is C5HN5O2. The van der Waals surface area contributed by atoms with Gasteiger partial charge in [-0.05, 0) is 0 Å². The van der Waals surface area contributed by atoms with Crippen LogP contribution in [0.25, 0.3) is 0 Å². The molecule has 0 saturated heterocycles. The summed E-state index contributed by atoms with van der Waals surface area (Å²) in [5, 5.41) is 6.47. The molecule has 2 rings (SSSR count). The highest BCUT2D eigenvalue weighted by atomic mass is 16.2. The lowest BCUT2D eigenvalue weighted by atomic mass is 10.3. The molecule has 0 spiro atoms. The Labute approximate surface area is 65.6 Å². The Morgan fingerprint density at radius 1 is 1.17 bits per heavy atom. The topological polar surface area (TPSA) is 95.9 Å². The van der Waals surface area contributed by atoms with Gasteiger partial charge in [0, 0.05) is 0 Å². The van der Waals surface area contributed by atoms with Crippen molar-refractivity contribution in [2.45, 2.75) is 0 Å². The summed E-state index contributed by atoms with van der Waals surface area (Å²) in [7, 11) is 0. The number of aliphatic imine (C=N–C) groups is 3. The van der Waals surface area contributed by atoms with Crippen molar-refractivity contribution < 1.29 is 9.59 Å². The average Bonchev–Trinajstić information content (AvgIpc) is 2.07. The molecule has 0 aromatic heterocycles. The van der Waals surface area contributed by atoms with Crippen molar-refractivity contribution in [2.24, 2.45) is 25.2 Å². The Balaban J connectivity index is 2.53. The highest BCUT2D eigenvalue weighted by Crippen LogP contribution is 2.03. The Morgan fingerprint density at radius 3 is 2.83 bits per heavy atom. The molecule has 0 aliphatic carbocycles. The number of hydrogen-bond donors (Lipinski definition) is 0. The first-order chi connectivity index (χ1) is 5.77. The van der Waals surface area contributed by atoms with E-state index in [1.807, 2.05) is 0 Å². The quantitative estimate of drug-likeness (QED) is 0.501. The monoisotopic (exact) mass is 163 g/mol. The van der Waals surface area contributed by atoms with E-state index in [9.17, 15) is 9.59 Å². The minimum Gasteiger partial charge on any atom is -0.265 e. The van der Waals surface area contributed by atoms with Crippen LogP contribution in [-0.2, 0) is 4.79 Å². The second kappa shape index (κ2) is 2.22. The Kier molecular flexibility index (Phi) is 1.23. The molecule has 0 radical (unpaired) electrons. The van der Waals surface area contributed by atoms with Crippen molar-refractivity contribution in [3.8, 4) is 0 Å². The van der Waals surface area contributed by atoms with Crippen molar-refractivity contribution >= 4 is 29.8 Å². The van der Waals surface area contributed by atoms with Gasteiger partial charge in [-0.2, -0.15) is 9.98 Å². The second-order valence-corrected chi connectivity index (χ2v) is 1.95. The summed E-state index contributed by atoms with van der Waals surface area (Å²) < 4.78 is 0. The van der Waals surface area contributed by atoms with Gasteiger partial charge in [-0.3, -0.25) is 4.79 Å². The van der Waals surface area contributed by atoms with Crippen LogP contribution in [-0.4, -0.2) is 29.8 Å². The lowest BCUT2D eigenvalue weighted by Gasteiger charge is -2.04. The third kappa shape index (κ3) is 0.875. The summed E-state index contributed by atoms with van der Waals surface area (Å²) in [6.07, 6.45) is 1.05. The number of amidine groups is 1. The van der Waals surface area contributed by atoms with Crippen molar-refractivity contribution in [2.75, 3.05) is 0 Å². The maximum atomic E-state index is 10.9. The van der Waals surface area contributed by atoms with Gasteiger partial charge in [-0.15, -0.1) is 5.11 Å². The summed E-state index contributed by atoms with van der Waals surface area (Å²) in [6.45, 7) is 0.